The van der Waals surface area contributed by atoms with Gasteiger partial charge in [-0.05, 0) is 0 Å². The smallest absolute Gasteiger partial charge is 0.348 e. The van der Waals surface area contributed by atoms with Crippen molar-refractivity contribution in [3.63, 3.8) is 0 Å². The Morgan fingerprint density at radius 3 is 1.44 bits per heavy atom. The molecule has 0 spiro atoms. The summed E-state index contributed by atoms with van der Waals surface area (Å²) < 4.78 is 20.1. The number of rotatable bonds is 5. The van der Waals surface area contributed by atoms with Crippen molar-refractivity contribution in [1.29, 1.82) is 0 Å². The van der Waals surface area contributed by atoms with Crippen molar-refractivity contribution >= 4 is 29.8 Å². The lowest BCUT2D eigenvalue weighted by Crippen LogP contribution is -2.60. The molecule has 0 saturated heterocycles. The highest BCUT2D eigenvalue weighted by Crippen LogP contribution is 2.37. The Balaban J connectivity index is 3.32. The van der Waals surface area contributed by atoms with E-state index >= 15 is 0 Å². The predicted octanol–water partition coefficient (Wildman–Crippen LogP) is -0.0382. The van der Waals surface area contributed by atoms with Gasteiger partial charge in [0.15, 0.2) is 6.10 Å². The molecule has 0 aromatic rings. The van der Waals surface area contributed by atoms with E-state index in [1.165, 1.54) is 0 Å². The number of hydrogen-bond acceptors (Lipinski definition) is 9. The van der Waals surface area contributed by atoms with Crippen molar-refractivity contribution in [1.82, 2.24) is 0 Å². The fourth-order valence-electron chi connectivity index (χ4n) is 2.77. The van der Waals surface area contributed by atoms with Gasteiger partial charge in [0.1, 0.15) is 12.2 Å². The van der Waals surface area contributed by atoms with Gasteiger partial charge in [-0.2, -0.15) is 0 Å². The van der Waals surface area contributed by atoms with Gasteiger partial charge in [0.05, 0.1) is 0 Å². The van der Waals surface area contributed by atoms with Crippen LogP contribution in [0.15, 0.2) is 0 Å². The van der Waals surface area contributed by atoms with E-state index in [4.69, 9.17) is 18.9 Å². The van der Waals surface area contributed by atoms with Gasteiger partial charge in [-0.1, -0.05) is 0 Å². The highest BCUT2D eigenvalue weighted by molar-refractivity contribution is 5.82. The van der Waals surface area contributed by atoms with E-state index in [-0.39, 0.29) is 0 Å². The third-order valence-corrected chi connectivity index (χ3v) is 3.46. The Kier molecular flexibility index (Phi) is 6.49. The van der Waals surface area contributed by atoms with Crippen LogP contribution in [0.5, 0.6) is 0 Å². The second-order valence-corrected chi connectivity index (χ2v) is 5.67. The maximum absolute atomic E-state index is 11.7. The summed E-state index contributed by atoms with van der Waals surface area (Å²) in [5, 5.41) is 9.54. The zero-order valence-electron chi connectivity index (χ0n) is 14.3. The third kappa shape index (κ3) is 5.44. The maximum Gasteiger partial charge on any atom is 0.348 e. The lowest BCUT2D eigenvalue weighted by molar-refractivity contribution is -0.220. The molecule has 25 heavy (non-hydrogen) atoms. The number of ether oxygens (including phenoxy) is 4. The van der Waals surface area contributed by atoms with Crippen LogP contribution >= 0.6 is 0 Å². The molecule has 2 atom stereocenters. The standard InChI is InChI=1S/C15H20O10/c1-7(16)22-11-5-15(14(20)21,25-10(4)19)6-12(23-8(2)17)13(11)24-9(3)18/h11-13H,5-6H2,1-4H3,(H,20,21)/t11-,12-,13?,15?/m1/s1. The molecule has 1 saturated carbocycles. The molecule has 10 heteroatoms. The summed E-state index contributed by atoms with van der Waals surface area (Å²) in [6, 6.07) is 0. The molecule has 0 heterocycles. The molecule has 1 fully saturated rings. The van der Waals surface area contributed by atoms with E-state index in [1.54, 1.807) is 0 Å². The summed E-state index contributed by atoms with van der Waals surface area (Å²) in [6.07, 6.45) is -4.72. The summed E-state index contributed by atoms with van der Waals surface area (Å²) in [5.41, 5.74) is -2.09. The molecule has 0 radical (unpaired) electrons. The maximum atomic E-state index is 11.7. The van der Waals surface area contributed by atoms with Gasteiger partial charge in [-0.3, -0.25) is 19.2 Å². The lowest BCUT2D eigenvalue weighted by Gasteiger charge is -2.43. The second kappa shape index (κ2) is 7.95. The number of carboxylic acids is 1. The minimum Gasteiger partial charge on any atom is -0.478 e. The molecule has 0 aromatic heterocycles. The van der Waals surface area contributed by atoms with Crippen LogP contribution in [0.1, 0.15) is 40.5 Å². The van der Waals surface area contributed by atoms with Crippen molar-refractivity contribution < 1.29 is 48.0 Å². The van der Waals surface area contributed by atoms with E-state index in [0.29, 0.717) is 0 Å². The zero-order valence-corrected chi connectivity index (χ0v) is 14.3. The van der Waals surface area contributed by atoms with Crippen molar-refractivity contribution in [3.8, 4) is 0 Å². The highest BCUT2D eigenvalue weighted by atomic mass is 16.6. The van der Waals surface area contributed by atoms with Crippen LogP contribution in [-0.2, 0) is 42.9 Å². The van der Waals surface area contributed by atoms with Crippen molar-refractivity contribution in [2.45, 2.75) is 64.4 Å². The number of esters is 4. The Bertz CT molecular complexity index is 555. The molecule has 0 amide bonds. The quantitative estimate of drug-likeness (QED) is 0.524. The number of aliphatic carboxylic acids is 1. The molecule has 1 aliphatic carbocycles. The van der Waals surface area contributed by atoms with Crippen LogP contribution in [0.2, 0.25) is 0 Å². The number of hydrogen-bond donors (Lipinski definition) is 1. The van der Waals surface area contributed by atoms with Crippen LogP contribution < -0.4 is 0 Å². The van der Waals surface area contributed by atoms with E-state index < -0.39 is 66.6 Å². The summed E-state index contributed by atoms with van der Waals surface area (Å²) in [6.45, 7) is 4.27. The summed E-state index contributed by atoms with van der Waals surface area (Å²) in [5.74, 6) is -4.66. The minimum atomic E-state index is -2.09. The highest BCUT2D eigenvalue weighted by Gasteiger charge is 2.57. The molecular weight excluding hydrogens is 340 g/mol. The summed E-state index contributed by atoms with van der Waals surface area (Å²) >= 11 is 0. The number of carbonyl (C=O) groups excluding carboxylic acids is 4. The molecule has 140 valence electrons. The molecule has 0 unspecified atom stereocenters. The van der Waals surface area contributed by atoms with Crippen molar-refractivity contribution in [2.75, 3.05) is 0 Å². The molecule has 1 N–H and O–H groups in total. The minimum absolute atomic E-state index is 0.461. The van der Waals surface area contributed by atoms with E-state index in [2.05, 4.69) is 0 Å². The van der Waals surface area contributed by atoms with Crippen molar-refractivity contribution in [3.05, 3.63) is 0 Å². The van der Waals surface area contributed by atoms with Gasteiger partial charge >= 0.3 is 29.8 Å². The summed E-state index contributed by atoms with van der Waals surface area (Å²) in [7, 11) is 0. The number of carbonyl (C=O) groups is 5. The first-order valence-corrected chi connectivity index (χ1v) is 7.41. The zero-order chi connectivity index (χ0) is 19.4. The van der Waals surface area contributed by atoms with Crippen LogP contribution in [-0.4, -0.2) is 58.9 Å². The second-order valence-electron chi connectivity index (χ2n) is 5.67. The van der Waals surface area contributed by atoms with Gasteiger partial charge in [0.2, 0.25) is 5.60 Å². The molecule has 1 aliphatic rings. The lowest BCUT2D eigenvalue weighted by atomic mass is 9.79. The van der Waals surface area contributed by atoms with Gasteiger partial charge < -0.3 is 24.1 Å². The first-order valence-electron chi connectivity index (χ1n) is 7.41. The Morgan fingerprint density at radius 2 is 1.16 bits per heavy atom. The van der Waals surface area contributed by atoms with E-state index in [0.717, 1.165) is 27.7 Å². The molecule has 0 aromatic carbocycles. The van der Waals surface area contributed by atoms with Crippen LogP contribution in [0.3, 0.4) is 0 Å². The van der Waals surface area contributed by atoms with Gasteiger partial charge in [-0.15, -0.1) is 0 Å². The Hall–Kier alpha value is -2.65. The SMILES string of the molecule is CC(=O)OC1[C@H](OC(C)=O)CC(OC(C)=O)(C(=O)O)C[C@H]1OC(C)=O. The predicted molar refractivity (Wildman–Crippen MR) is 78.0 cm³/mol. The van der Waals surface area contributed by atoms with Crippen LogP contribution in [0.25, 0.3) is 0 Å². The van der Waals surface area contributed by atoms with Crippen LogP contribution in [0, 0.1) is 0 Å². The molecular formula is C15H20O10. The largest absolute Gasteiger partial charge is 0.478 e. The molecule has 10 nitrogen and oxygen atoms in total. The van der Waals surface area contributed by atoms with Gasteiger partial charge in [0.25, 0.3) is 0 Å². The monoisotopic (exact) mass is 360 g/mol. The van der Waals surface area contributed by atoms with E-state index in [1.807, 2.05) is 0 Å². The fraction of sp³-hybridized carbons (Fsp3) is 0.667. The first kappa shape index (κ1) is 20.4. The fourth-order valence-corrected chi connectivity index (χ4v) is 2.77. The van der Waals surface area contributed by atoms with Crippen molar-refractivity contribution in [2.24, 2.45) is 0 Å². The molecule has 1 rings (SSSR count). The first-order chi connectivity index (χ1) is 11.5. The average Bonchev–Trinajstić information content (AvgIpc) is 2.40. The van der Waals surface area contributed by atoms with E-state index in [9.17, 15) is 29.1 Å². The number of carboxylic acid groups (broad SMARTS) is 1. The third-order valence-electron chi connectivity index (χ3n) is 3.46. The normalized spacial score (nSPS) is 28.4. The Morgan fingerprint density at radius 1 is 0.760 bits per heavy atom. The summed E-state index contributed by atoms with van der Waals surface area (Å²) in [4.78, 5) is 57.1. The molecule has 0 bridgehead atoms. The molecule has 0 aliphatic heterocycles. The van der Waals surface area contributed by atoms with Crippen LogP contribution in [0.4, 0.5) is 0 Å². The van der Waals surface area contributed by atoms with Gasteiger partial charge in [-0.25, -0.2) is 4.79 Å². The average molecular weight is 360 g/mol. The van der Waals surface area contributed by atoms with Gasteiger partial charge in [0, 0.05) is 40.5 Å². The topological polar surface area (TPSA) is 142 Å². The Labute approximate surface area is 143 Å².